The Kier molecular flexibility index (Phi) is 3.51. The third-order valence-electron chi connectivity index (χ3n) is 5.79. The van der Waals surface area contributed by atoms with Crippen molar-refractivity contribution in [3.05, 3.63) is 29.8 Å². The van der Waals surface area contributed by atoms with Gasteiger partial charge in [0.05, 0.1) is 7.11 Å². The number of carbonyl (C=O) groups excluding carboxylic acids is 2. The maximum absolute atomic E-state index is 12.1. The second-order valence-corrected chi connectivity index (χ2v) is 6.97. The Labute approximate surface area is 136 Å². The maximum atomic E-state index is 12.1. The van der Waals surface area contributed by atoms with Crippen LogP contribution in [0, 0.1) is 11.8 Å². The predicted octanol–water partition coefficient (Wildman–Crippen LogP) is 2.66. The number of anilines is 1. The number of rotatable bonds is 3. The summed E-state index contributed by atoms with van der Waals surface area (Å²) in [5.41, 5.74) is 2.09. The fourth-order valence-corrected chi connectivity index (χ4v) is 4.53. The van der Waals surface area contributed by atoms with Crippen LogP contribution >= 0.6 is 0 Å². The molecule has 5 heteroatoms. The molecule has 122 valence electrons. The number of hydrogen-bond donors (Lipinski definition) is 1. The number of nitrogens with zero attached hydrogens (tertiary/aromatic N) is 1. The molecule has 2 saturated carbocycles. The first-order chi connectivity index (χ1) is 11.2. The van der Waals surface area contributed by atoms with Gasteiger partial charge in [-0.3, -0.25) is 9.69 Å². The Morgan fingerprint density at radius 1 is 1.22 bits per heavy atom. The molecule has 4 atom stereocenters. The van der Waals surface area contributed by atoms with Crippen LogP contribution in [0.15, 0.2) is 24.3 Å². The molecule has 0 radical (unpaired) electrons. The molecule has 1 heterocycles. The van der Waals surface area contributed by atoms with E-state index in [9.17, 15) is 9.59 Å². The first-order valence-corrected chi connectivity index (χ1v) is 8.42. The van der Waals surface area contributed by atoms with Crippen molar-refractivity contribution in [1.82, 2.24) is 5.32 Å². The zero-order valence-corrected chi connectivity index (χ0v) is 13.3. The lowest BCUT2D eigenvalue weighted by Crippen LogP contribution is -2.63. The molecular formula is C18H22N2O3. The second-order valence-electron chi connectivity index (χ2n) is 6.97. The third-order valence-corrected chi connectivity index (χ3v) is 5.79. The van der Waals surface area contributed by atoms with E-state index in [0.29, 0.717) is 12.5 Å². The summed E-state index contributed by atoms with van der Waals surface area (Å²) in [4.78, 5) is 25.2. The van der Waals surface area contributed by atoms with E-state index in [0.717, 1.165) is 17.5 Å². The van der Waals surface area contributed by atoms with Crippen LogP contribution in [-0.2, 0) is 9.53 Å². The minimum absolute atomic E-state index is 0.132. The van der Waals surface area contributed by atoms with Crippen LogP contribution in [0.25, 0.3) is 0 Å². The minimum atomic E-state index is -0.488. The standard InChI is InChI=1S/C18H22N2O3/c1-23-18(22)20(16-10-19-17(16)21)14-6-4-12(5-7-14)15-9-11-2-3-13(15)8-11/h4-7,11,13,15-16H,2-3,8-10H2,1H3,(H,19,21)/t11?,13?,15?,16-/m0/s1. The van der Waals surface area contributed by atoms with Crippen LogP contribution in [-0.4, -0.2) is 31.7 Å². The van der Waals surface area contributed by atoms with Crippen LogP contribution in [0.1, 0.15) is 37.2 Å². The van der Waals surface area contributed by atoms with Gasteiger partial charge in [0, 0.05) is 12.2 Å². The molecule has 5 nitrogen and oxygen atoms in total. The summed E-state index contributed by atoms with van der Waals surface area (Å²) in [6, 6.07) is 7.67. The molecule has 2 aliphatic carbocycles. The van der Waals surface area contributed by atoms with Crippen LogP contribution in [0.5, 0.6) is 0 Å². The Bertz CT molecular complexity index is 628. The summed E-state index contributed by atoms with van der Waals surface area (Å²) < 4.78 is 4.85. The first-order valence-electron chi connectivity index (χ1n) is 8.42. The summed E-state index contributed by atoms with van der Waals surface area (Å²) in [6.07, 6.45) is 4.94. The number of fused-ring (bicyclic) bond motifs is 2. The molecule has 3 fully saturated rings. The van der Waals surface area contributed by atoms with Crippen LogP contribution < -0.4 is 10.2 Å². The number of carbonyl (C=O) groups is 2. The van der Waals surface area contributed by atoms with E-state index in [-0.39, 0.29) is 5.91 Å². The van der Waals surface area contributed by atoms with Gasteiger partial charge in [-0.25, -0.2) is 4.79 Å². The van der Waals surface area contributed by atoms with Crippen molar-refractivity contribution in [2.45, 2.75) is 37.6 Å². The Morgan fingerprint density at radius 3 is 2.48 bits per heavy atom. The van der Waals surface area contributed by atoms with Gasteiger partial charge in [0.1, 0.15) is 6.04 Å². The number of amides is 2. The molecule has 0 spiro atoms. The molecular weight excluding hydrogens is 292 g/mol. The van der Waals surface area contributed by atoms with E-state index >= 15 is 0 Å². The summed E-state index contributed by atoms with van der Waals surface area (Å²) in [6.45, 7) is 0.474. The van der Waals surface area contributed by atoms with Gasteiger partial charge < -0.3 is 10.1 Å². The quantitative estimate of drug-likeness (QED) is 0.873. The molecule has 4 rings (SSSR count). The predicted molar refractivity (Wildman–Crippen MR) is 86.3 cm³/mol. The number of β-lactam (4-membered cyclic amide) rings is 1. The number of nitrogens with one attached hydrogen (secondary N) is 1. The van der Waals surface area contributed by atoms with E-state index in [1.54, 1.807) is 0 Å². The summed E-state index contributed by atoms with van der Waals surface area (Å²) in [5, 5.41) is 2.67. The van der Waals surface area contributed by atoms with Gasteiger partial charge in [-0.15, -0.1) is 0 Å². The summed E-state index contributed by atoms with van der Waals surface area (Å²) >= 11 is 0. The van der Waals surface area contributed by atoms with Gasteiger partial charge in [-0.2, -0.15) is 0 Å². The lowest BCUT2D eigenvalue weighted by molar-refractivity contribution is -0.127. The van der Waals surface area contributed by atoms with Gasteiger partial charge >= 0.3 is 6.09 Å². The van der Waals surface area contributed by atoms with E-state index < -0.39 is 12.1 Å². The molecule has 1 saturated heterocycles. The molecule has 3 aliphatic rings. The van der Waals surface area contributed by atoms with Gasteiger partial charge in [0.15, 0.2) is 0 Å². The van der Waals surface area contributed by atoms with Crippen LogP contribution in [0.3, 0.4) is 0 Å². The minimum Gasteiger partial charge on any atom is -0.452 e. The van der Waals surface area contributed by atoms with E-state index in [4.69, 9.17) is 4.74 Å². The lowest BCUT2D eigenvalue weighted by Gasteiger charge is -2.35. The maximum Gasteiger partial charge on any atom is 0.414 e. The Morgan fingerprint density at radius 2 is 2.00 bits per heavy atom. The zero-order chi connectivity index (χ0) is 16.0. The summed E-state index contributed by atoms with van der Waals surface area (Å²) in [7, 11) is 1.34. The molecule has 23 heavy (non-hydrogen) atoms. The van der Waals surface area contributed by atoms with E-state index in [2.05, 4.69) is 17.4 Å². The van der Waals surface area contributed by atoms with E-state index in [1.807, 2.05) is 12.1 Å². The summed E-state index contributed by atoms with van der Waals surface area (Å²) in [5.74, 6) is 2.28. The van der Waals surface area contributed by atoms with Crippen LogP contribution in [0.4, 0.5) is 10.5 Å². The van der Waals surface area contributed by atoms with Crippen molar-refractivity contribution in [2.75, 3.05) is 18.6 Å². The number of methoxy groups -OCH3 is 1. The average Bonchev–Trinajstić information content (AvgIpc) is 3.21. The van der Waals surface area contributed by atoms with Crippen molar-refractivity contribution in [1.29, 1.82) is 0 Å². The zero-order valence-electron chi connectivity index (χ0n) is 13.3. The van der Waals surface area contributed by atoms with Gasteiger partial charge in [-0.1, -0.05) is 18.6 Å². The monoisotopic (exact) mass is 314 g/mol. The molecule has 1 aromatic carbocycles. The molecule has 1 aliphatic heterocycles. The second kappa shape index (κ2) is 5.55. The highest BCUT2D eigenvalue weighted by Gasteiger charge is 2.41. The van der Waals surface area contributed by atoms with Crippen molar-refractivity contribution < 1.29 is 14.3 Å². The van der Waals surface area contributed by atoms with Gasteiger partial charge in [0.25, 0.3) is 0 Å². The van der Waals surface area contributed by atoms with Gasteiger partial charge in [-0.05, 0) is 54.7 Å². The number of hydrogen-bond acceptors (Lipinski definition) is 3. The highest BCUT2D eigenvalue weighted by atomic mass is 16.5. The van der Waals surface area contributed by atoms with Crippen molar-refractivity contribution in [3.63, 3.8) is 0 Å². The van der Waals surface area contributed by atoms with Crippen LogP contribution in [0.2, 0.25) is 0 Å². The molecule has 3 unspecified atom stereocenters. The molecule has 0 aromatic heterocycles. The third kappa shape index (κ3) is 2.38. The number of benzene rings is 1. The first kappa shape index (κ1) is 14.5. The van der Waals surface area contributed by atoms with Crippen molar-refractivity contribution in [2.24, 2.45) is 11.8 Å². The van der Waals surface area contributed by atoms with Crippen molar-refractivity contribution in [3.8, 4) is 0 Å². The fourth-order valence-electron chi connectivity index (χ4n) is 4.53. The molecule has 2 bridgehead atoms. The fraction of sp³-hybridized carbons (Fsp3) is 0.556. The van der Waals surface area contributed by atoms with Gasteiger partial charge in [0.2, 0.25) is 5.91 Å². The highest BCUT2D eigenvalue weighted by molar-refractivity contribution is 6.00. The average molecular weight is 314 g/mol. The lowest BCUT2D eigenvalue weighted by atomic mass is 9.83. The van der Waals surface area contributed by atoms with E-state index in [1.165, 1.54) is 43.3 Å². The van der Waals surface area contributed by atoms with Crippen molar-refractivity contribution >= 4 is 17.7 Å². The SMILES string of the molecule is COC(=O)N(c1ccc(C2CC3CCC2C3)cc1)[C@H]1CNC1=O. The Hall–Kier alpha value is -2.04. The normalized spacial score (nSPS) is 31.4. The smallest absolute Gasteiger partial charge is 0.414 e. The Balaban J connectivity index is 1.56. The number of ether oxygens (including phenoxy) is 1. The highest BCUT2D eigenvalue weighted by Crippen LogP contribution is 2.52. The largest absolute Gasteiger partial charge is 0.452 e. The molecule has 1 aromatic rings. The topological polar surface area (TPSA) is 58.6 Å². The molecule has 1 N–H and O–H groups in total. The molecule has 2 amide bonds.